The lowest BCUT2D eigenvalue weighted by Gasteiger charge is -2.23. The topological polar surface area (TPSA) is 72.9 Å². The number of benzene rings is 1. The second-order valence-corrected chi connectivity index (χ2v) is 5.06. The number of methoxy groups -OCH3 is 2. The van der Waals surface area contributed by atoms with Crippen molar-refractivity contribution in [1.29, 1.82) is 0 Å². The summed E-state index contributed by atoms with van der Waals surface area (Å²) in [4.78, 5) is 37.8. The predicted molar refractivity (Wildman–Crippen MR) is 74.9 cm³/mol. The third kappa shape index (κ3) is 2.42. The first-order chi connectivity index (χ1) is 9.96. The van der Waals surface area contributed by atoms with Crippen LogP contribution in [0.15, 0.2) is 24.3 Å². The zero-order valence-electron chi connectivity index (χ0n) is 12.2. The van der Waals surface area contributed by atoms with Gasteiger partial charge in [0.15, 0.2) is 5.41 Å². The lowest BCUT2D eigenvalue weighted by molar-refractivity contribution is -0.160. The molecule has 0 saturated carbocycles. The first-order valence-corrected chi connectivity index (χ1v) is 6.46. The van der Waals surface area contributed by atoms with Gasteiger partial charge in [-0.3, -0.25) is 14.4 Å². The number of hydrogen-bond donors (Lipinski definition) is 0. The molecule has 1 heterocycles. The lowest BCUT2D eigenvalue weighted by Crippen LogP contribution is -2.44. The van der Waals surface area contributed by atoms with Crippen LogP contribution in [0.4, 0.5) is 5.69 Å². The van der Waals surface area contributed by atoms with Crippen LogP contribution < -0.4 is 4.90 Å². The van der Waals surface area contributed by atoms with Crippen LogP contribution in [-0.2, 0) is 23.9 Å². The number of rotatable bonds is 4. The molecule has 6 heteroatoms. The Labute approximate surface area is 122 Å². The Kier molecular flexibility index (Phi) is 4.09. The van der Waals surface area contributed by atoms with E-state index in [0.29, 0.717) is 5.69 Å². The molecule has 1 aromatic carbocycles. The van der Waals surface area contributed by atoms with Gasteiger partial charge in [0, 0.05) is 12.8 Å². The number of carbonyl (C=O) groups excluding carboxylic acids is 3. The molecule has 0 aromatic heterocycles. The van der Waals surface area contributed by atoms with Gasteiger partial charge in [-0.15, -0.1) is 0 Å². The van der Waals surface area contributed by atoms with Gasteiger partial charge in [0.2, 0.25) is 5.78 Å². The molecule has 2 rings (SSSR count). The van der Waals surface area contributed by atoms with Crippen LogP contribution in [0.25, 0.3) is 0 Å². The number of ketones is 1. The largest absolute Gasteiger partial charge is 0.468 e. The molecular weight excluding hydrogens is 274 g/mol. The zero-order chi connectivity index (χ0) is 15.6. The predicted octanol–water partition coefficient (Wildman–Crippen LogP) is 0.717. The minimum atomic E-state index is -1.59. The van der Waals surface area contributed by atoms with Crippen LogP contribution in [-0.4, -0.2) is 45.0 Å². The molecule has 1 atom stereocenters. The molecule has 1 saturated heterocycles. The van der Waals surface area contributed by atoms with Crippen molar-refractivity contribution in [3.63, 3.8) is 0 Å². The molecular formula is C15H17NO5. The van der Waals surface area contributed by atoms with Gasteiger partial charge in [-0.2, -0.15) is 0 Å². The van der Waals surface area contributed by atoms with Crippen molar-refractivity contribution in [2.75, 3.05) is 32.3 Å². The molecule has 1 aliphatic heterocycles. The van der Waals surface area contributed by atoms with Gasteiger partial charge in [-0.05, 0) is 19.1 Å². The minimum Gasteiger partial charge on any atom is -0.468 e. The van der Waals surface area contributed by atoms with E-state index in [-0.39, 0.29) is 13.2 Å². The van der Waals surface area contributed by atoms with Gasteiger partial charge in [0.05, 0.1) is 20.3 Å². The van der Waals surface area contributed by atoms with E-state index in [1.165, 1.54) is 19.1 Å². The Morgan fingerprint density at radius 3 is 2.38 bits per heavy atom. The third-order valence-corrected chi connectivity index (χ3v) is 3.61. The molecule has 1 amide bonds. The summed E-state index contributed by atoms with van der Waals surface area (Å²) in [7, 11) is 2.56. The van der Waals surface area contributed by atoms with Crippen molar-refractivity contribution < 1.29 is 23.9 Å². The smallest absolute Gasteiger partial charge is 0.324 e. The number of ether oxygens (including phenoxy) is 2. The molecule has 1 aliphatic rings. The summed E-state index contributed by atoms with van der Waals surface area (Å²) >= 11 is 0. The number of carbonyl (C=O) groups is 3. The molecule has 1 aromatic rings. The highest BCUT2D eigenvalue weighted by atomic mass is 16.5. The standard InChI is InChI=1S/C15H17NO5/c1-10-4-6-11(7-5-10)16-8-15(9-20-2,14(19)21-3)12(17)13(16)18/h4-7H,8-9H2,1-3H3. The Hall–Kier alpha value is -2.21. The quantitative estimate of drug-likeness (QED) is 0.464. The fourth-order valence-electron chi connectivity index (χ4n) is 2.44. The van der Waals surface area contributed by atoms with E-state index in [1.54, 1.807) is 12.1 Å². The Morgan fingerprint density at radius 2 is 1.86 bits per heavy atom. The molecule has 21 heavy (non-hydrogen) atoms. The monoisotopic (exact) mass is 291 g/mol. The Morgan fingerprint density at radius 1 is 1.24 bits per heavy atom. The summed E-state index contributed by atoms with van der Waals surface area (Å²) in [6, 6.07) is 7.14. The number of hydrogen-bond acceptors (Lipinski definition) is 5. The minimum absolute atomic E-state index is 0.0752. The van der Waals surface area contributed by atoms with Crippen molar-refractivity contribution in [2.24, 2.45) is 5.41 Å². The van der Waals surface area contributed by atoms with Crippen LogP contribution >= 0.6 is 0 Å². The molecule has 1 unspecified atom stereocenters. The van der Waals surface area contributed by atoms with Crippen LogP contribution in [0, 0.1) is 12.3 Å². The van der Waals surface area contributed by atoms with E-state index in [1.807, 2.05) is 19.1 Å². The fraction of sp³-hybridized carbons (Fsp3) is 0.400. The van der Waals surface area contributed by atoms with Gasteiger partial charge < -0.3 is 14.4 Å². The molecule has 0 aliphatic carbocycles. The number of esters is 1. The summed E-state index contributed by atoms with van der Waals surface area (Å²) in [5.41, 5.74) is 0.0135. The summed E-state index contributed by atoms with van der Waals surface area (Å²) in [6.45, 7) is 1.66. The number of Topliss-reactive ketones (excluding diaryl/α,β-unsaturated/α-hetero) is 1. The summed E-state index contributed by atoms with van der Waals surface area (Å²) in [5, 5.41) is 0. The average molecular weight is 291 g/mol. The van der Waals surface area contributed by atoms with Gasteiger partial charge in [0.25, 0.3) is 5.91 Å². The molecule has 112 valence electrons. The first kappa shape index (κ1) is 15.2. The van der Waals surface area contributed by atoms with Crippen molar-refractivity contribution in [3.05, 3.63) is 29.8 Å². The lowest BCUT2D eigenvalue weighted by atomic mass is 9.87. The number of aryl methyl sites for hydroxylation is 1. The van der Waals surface area contributed by atoms with E-state index in [9.17, 15) is 14.4 Å². The van der Waals surface area contributed by atoms with Crippen LogP contribution in [0.1, 0.15) is 5.56 Å². The van der Waals surface area contributed by atoms with E-state index in [4.69, 9.17) is 9.47 Å². The van der Waals surface area contributed by atoms with Gasteiger partial charge in [-0.1, -0.05) is 17.7 Å². The molecule has 6 nitrogen and oxygen atoms in total. The Bertz CT molecular complexity index is 580. The number of anilines is 1. The normalized spacial score (nSPS) is 21.8. The highest BCUT2D eigenvalue weighted by molar-refractivity contribution is 6.49. The highest BCUT2D eigenvalue weighted by Crippen LogP contribution is 2.33. The van der Waals surface area contributed by atoms with Crippen molar-refractivity contribution in [2.45, 2.75) is 6.92 Å². The van der Waals surface area contributed by atoms with E-state index in [2.05, 4.69) is 0 Å². The molecule has 0 spiro atoms. The van der Waals surface area contributed by atoms with Gasteiger partial charge in [-0.25, -0.2) is 0 Å². The maximum absolute atomic E-state index is 12.3. The Balaban J connectivity index is 2.40. The van der Waals surface area contributed by atoms with E-state index >= 15 is 0 Å². The summed E-state index contributed by atoms with van der Waals surface area (Å²) in [5.74, 6) is -2.27. The first-order valence-electron chi connectivity index (χ1n) is 6.46. The van der Waals surface area contributed by atoms with Crippen molar-refractivity contribution in [3.8, 4) is 0 Å². The molecule has 1 fully saturated rings. The second-order valence-electron chi connectivity index (χ2n) is 5.06. The SMILES string of the molecule is COCC1(C(=O)OC)CN(c2ccc(C)cc2)C(=O)C1=O. The highest BCUT2D eigenvalue weighted by Gasteiger charge is 2.58. The fourth-order valence-corrected chi connectivity index (χ4v) is 2.44. The zero-order valence-corrected chi connectivity index (χ0v) is 12.2. The van der Waals surface area contributed by atoms with E-state index in [0.717, 1.165) is 5.56 Å². The molecule has 0 radical (unpaired) electrons. The maximum Gasteiger partial charge on any atom is 0.324 e. The average Bonchev–Trinajstić information content (AvgIpc) is 2.74. The van der Waals surface area contributed by atoms with Crippen LogP contribution in [0.5, 0.6) is 0 Å². The number of nitrogens with zero attached hydrogens (tertiary/aromatic N) is 1. The maximum atomic E-state index is 12.3. The molecule has 0 N–H and O–H groups in total. The second kappa shape index (κ2) is 5.65. The van der Waals surface area contributed by atoms with E-state index < -0.39 is 23.1 Å². The van der Waals surface area contributed by atoms with Crippen molar-refractivity contribution >= 4 is 23.3 Å². The van der Waals surface area contributed by atoms with Gasteiger partial charge in [0.1, 0.15) is 0 Å². The third-order valence-electron chi connectivity index (χ3n) is 3.61. The van der Waals surface area contributed by atoms with Crippen molar-refractivity contribution in [1.82, 2.24) is 0 Å². The van der Waals surface area contributed by atoms with Gasteiger partial charge >= 0.3 is 5.97 Å². The van der Waals surface area contributed by atoms with Crippen LogP contribution in [0.2, 0.25) is 0 Å². The summed E-state index contributed by atoms with van der Waals surface area (Å²) < 4.78 is 9.67. The number of amides is 1. The van der Waals surface area contributed by atoms with Crippen LogP contribution in [0.3, 0.4) is 0 Å². The summed E-state index contributed by atoms with van der Waals surface area (Å²) in [6.07, 6.45) is 0. The molecule has 0 bridgehead atoms.